The van der Waals surface area contributed by atoms with E-state index in [4.69, 9.17) is 14.6 Å². The number of morpholine rings is 1. The Morgan fingerprint density at radius 2 is 1.68 bits per heavy atom. The van der Waals surface area contributed by atoms with Crippen LogP contribution in [0.25, 0.3) is 0 Å². The van der Waals surface area contributed by atoms with Gasteiger partial charge in [0.2, 0.25) is 0 Å². The maximum atomic E-state index is 12.7. The summed E-state index contributed by atoms with van der Waals surface area (Å²) < 4.78 is 37.1. The van der Waals surface area contributed by atoms with Crippen LogP contribution in [0.2, 0.25) is 0 Å². The number of carboxylic acid groups (broad SMARTS) is 1. The zero-order chi connectivity index (χ0) is 22.4. The van der Waals surface area contributed by atoms with E-state index in [0.29, 0.717) is 32.3 Å². The molecule has 0 radical (unpaired) electrons. The van der Waals surface area contributed by atoms with Gasteiger partial charge in [0.15, 0.2) is 0 Å². The summed E-state index contributed by atoms with van der Waals surface area (Å²) in [6.45, 7) is 4.12. The molecule has 0 spiro atoms. The standard InChI is InChI=1S/C17H25N5O2.C2HF3O2/c23-17(22-8-10-24-11-9-22)21-6-4-14-15(5-7-21)18-12-19-16(14)20-13-2-1-3-13;3-2(4,5)1(6)7/h12-13H,1-11H2,(H,18,19,20);(H,6,7). The lowest BCUT2D eigenvalue weighted by molar-refractivity contribution is -0.192. The second kappa shape index (κ2) is 10.1. The number of carbonyl (C=O) groups is 2. The number of hydrogen-bond acceptors (Lipinski definition) is 6. The van der Waals surface area contributed by atoms with Crippen LogP contribution in [-0.2, 0) is 22.4 Å². The van der Waals surface area contributed by atoms with Crippen molar-refractivity contribution in [2.75, 3.05) is 44.7 Å². The molecule has 0 atom stereocenters. The van der Waals surface area contributed by atoms with E-state index in [9.17, 15) is 18.0 Å². The lowest BCUT2D eigenvalue weighted by Gasteiger charge is -2.32. The van der Waals surface area contributed by atoms with E-state index in [-0.39, 0.29) is 6.03 Å². The molecule has 9 nitrogen and oxygen atoms in total. The molecular weight excluding hydrogens is 419 g/mol. The van der Waals surface area contributed by atoms with Crippen LogP contribution in [-0.4, -0.2) is 88.5 Å². The Morgan fingerprint density at radius 1 is 1.06 bits per heavy atom. The average molecular weight is 445 g/mol. The quantitative estimate of drug-likeness (QED) is 0.716. The van der Waals surface area contributed by atoms with E-state index in [1.807, 2.05) is 9.80 Å². The molecular formula is C19H26F3N5O4. The number of urea groups is 1. The highest BCUT2D eigenvalue weighted by Gasteiger charge is 2.38. The Kier molecular flexibility index (Phi) is 7.52. The molecule has 3 heterocycles. The number of amides is 2. The maximum Gasteiger partial charge on any atom is 0.490 e. The van der Waals surface area contributed by atoms with Gasteiger partial charge >= 0.3 is 18.2 Å². The highest BCUT2D eigenvalue weighted by Crippen LogP contribution is 2.26. The SMILES string of the molecule is O=C(N1CCOCC1)N1CCc2ncnc(NC3CCC3)c2CC1.O=C(O)C(F)(F)F. The number of rotatable bonds is 2. The Balaban J connectivity index is 0.000000339. The molecule has 2 aliphatic heterocycles. The van der Waals surface area contributed by atoms with Crippen molar-refractivity contribution >= 4 is 17.8 Å². The van der Waals surface area contributed by atoms with Crippen molar-refractivity contribution in [3.05, 3.63) is 17.6 Å². The van der Waals surface area contributed by atoms with E-state index in [1.165, 1.54) is 24.8 Å². The molecule has 2 fully saturated rings. The van der Waals surface area contributed by atoms with E-state index >= 15 is 0 Å². The summed E-state index contributed by atoms with van der Waals surface area (Å²) in [6.07, 6.45) is 1.93. The minimum Gasteiger partial charge on any atom is -0.475 e. The average Bonchev–Trinajstić information content (AvgIpc) is 2.94. The van der Waals surface area contributed by atoms with Crippen LogP contribution in [0.15, 0.2) is 6.33 Å². The first-order valence-electron chi connectivity index (χ1n) is 10.3. The molecule has 3 aliphatic rings. The van der Waals surface area contributed by atoms with Crippen molar-refractivity contribution in [3.8, 4) is 0 Å². The number of anilines is 1. The molecule has 1 saturated carbocycles. The molecule has 2 N–H and O–H groups in total. The molecule has 1 saturated heterocycles. The third-order valence-electron chi connectivity index (χ3n) is 5.53. The van der Waals surface area contributed by atoms with Gasteiger partial charge in [0, 0.05) is 44.2 Å². The van der Waals surface area contributed by atoms with Gasteiger partial charge in [-0.2, -0.15) is 13.2 Å². The van der Waals surface area contributed by atoms with Gasteiger partial charge in [-0.3, -0.25) is 0 Å². The molecule has 0 bridgehead atoms. The summed E-state index contributed by atoms with van der Waals surface area (Å²) in [5.74, 6) is -1.78. The predicted octanol–water partition coefficient (Wildman–Crippen LogP) is 1.93. The number of aliphatic carboxylic acids is 1. The van der Waals surface area contributed by atoms with E-state index < -0.39 is 12.1 Å². The summed E-state index contributed by atoms with van der Waals surface area (Å²) in [7, 11) is 0. The number of hydrogen-bond donors (Lipinski definition) is 2. The van der Waals surface area contributed by atoms with Gasteiger partial charge in [0.25, 0.3) is 0 Å². The highest BCUT2D eigenvalue weighted by molar-refractivity contribution is 5.75. The van der Waals surface area contributed by atoms with Gasteiger partial charge < -0.3 is 25.0 Å². The number of carboxylic acids is 1. The lowest BCUT2D eigenvalue weighted by Crippen LogP contribution is -2.48. The van der Waals surface area contributed by atoms with Crippen LogP contribution in [0, 0.1) is 0 Å². The molecule has 4 rings (SSSR count). The summed E-state index contributed by atoms with van der Waals surface area (Å²) >= 11 is 0. The van der Waals surface area contributed by atoms with Crippen molar-refractivity contribution in [1.82, 2.24) is 19.8 Å². The minimum atomic E-state index is -5.08. The Bertz CT molecular complexity index is 782. The first-order chi connectivity index (χ1) is 14.8. The number of nitrogens with zero attached hydrogens (tertiary/aromatic N) is 4. The zero-order valence-electron chi connectivity index (χ0n) is 17.0. The first kappa shape index (κ1) is 23.0. The van der Waals surface area contributed by atoms with Gasteiger partial charge in [0.1, 0.15) is 12.1 Å². The van der Waals surface area contributed by atoms with E-state index in [1.54, 1.807) is 6.33 Å². The van der Waals surface area contributed by atoms with Gasteiger partial charge in [-0.15, -0.1) is 0 Å². The summed E-state index contributed by atoms with van der Waals surface area (Å²) in [5.41, 5.74) is 2.28. The highest BCUT2D eigenvalue weighted by atomic mass is 19.4. The number of halogens is 3. The summed E-state index contributed by atoms with van der Waals surface area (Å²) in [5, 5.41) is 10.7. The van der Waals surface area contributed by atoms with Gasteiger partial charge in [-0.05, 0) is 25.7 Å². The molecule has 172 valence electrons. The minimum absolute atomic E-state index is 0.132. The third kappa shape index (κ3) is 6.18. The normalized spacial score (nSPS) is 19.3. The monoisotopic (exact) mass is 445 g/mol. The number of fused-ring (bicyclic) bond motifs is 1. The topological polar surface area (TPSA) is 108 Å². The lowest BCUT2D eigenvalue weighted by atomic mass is 9.93. The molecule has 1 aromatic heterocycles. The number of aromatic nitrogens is 2. The van der Waals surface area contributed by atoms with Crippen molar-refractivity contribution in [1.29, 1.82) is 0 Å². The largest absolute Gasteiger partial charge is 0.490 e. The van der Waals surface area contributed by atoms with Gasteiger partial charge in [-0.25, -0.2) is 19.6 Å². The molecule has 31 heavy (non-hydrogen) atoms. The van der Waals surface area contributed by atoms with Crippen LogP contribution in [0.3, 0.4) is 0 Å². The fraction of sp³-hybridized carbons (Fsp3) is 0.684. The van der Waals surface area contributed by atoms with E-state index in [0.717, 1.165) is 37.4 Å². The molecule has 0 unspecified atom stereocenters. The Labute approximate surface area is 177 Å². The third-order valence-corrected chi connectivity index (χ3v) is 5.53. The molecule has 1 aliphatic carbocycles. The zero-order valence-corrected chi connectivity index (χ0v) is 17.0. The fourth-order valence-electron chi connectivity index (χ4n) is 3.54. The number of nitrogens with one attached hydrogen (secondary N) is 1. The van der Waals surface area contributed by atoms with Gasteiger partial charge in [0.05, 0.1) is 18.9 Å². The smallest absolute Gasteiger partial charge is 0.475 e. The second-order valence-electron chi connectivity index (χ2n) is 7.59. The Hall–Kier alpha value is -2.63. The summed E-state index contributed by atoms with van der Waals surface area (Å²) in [6, 6.07) is 0.686. The van der Waals surface area contributed by atoms with Crippen LogP contribution >= 0.6 is 0 Å². The molecule has 2 amide bonds. The number of ether oxygens (including phenoxy) is 1. The van der Waals surface area contributed by atoms with Crippen molar-refractivity contribution in [3.63, 3.8) is 0 Å². The van der Waals surface area contributed by atoms with Crippen molar-refractivity contribution < 1.29 is 32.6 Å². The number of alkyl halides is 3. The van der Waals surface area contributed by atoms with E-state index in [2.05, 4.69) is 15.3 Å². The van der Waals surface area contributed by atoms with Crippen LogP contribution in [0.1, 0.15) is 30.5 Å². The van der Waals surface area contributed by atoms with Crippen LogP contribution < -0.4 is 5.32 Å². The molecule has 12 heteroatoms. The van der Waals surface area contributed by atoms with Crippen molar-refractivity contribution in [2.45, 2.75) is 44.3 Å². The Morgan fingerprint density at radius 3 is 2.26 bits per heavy atom. The summed E-state index contributed by atoms with van der Waals surface area (Å²) in [4.78, 5) is 34.4. The fourth-order valence-corrected chi connectivity index (χ4v) is 3.54. The molecule has 1 aromatic rings. The molecule has 0 aromatic carbocycles. The second-order valence-corrected chi connectivity index (χ2v) is 7.59. The maximum absolute atomic E-state index is 12.7. The van der Waals surface area contributed by atoms with Gasteiger partial charge in [-0.1, -0.05) is 0 Å². The van der Waals surface area contributed by atoms with Crippen LogP contribution in [0.4, 0.5) is 23.8 Å². The number of carbonyl (C=O) groups excluding carboxylic acids is 1. The predicted molar refractivity (Wildman–Crippen MR) is 104 cm³/mol. The first-order valence-corrected chi connectivity index (χ1v) is 10.3. The van der Waals surface area contributed by atoms with Crippen molar-refractivity contribution in [2.24, 2.45) is 0 Å². The van der Waals surface area contributed by atoms with Crippen LogP contribution in [0.5, 0.6) is 0 Å².